The van der Waals surface area contributed by atoms with Crippen LogP contribution in [0.3, 0.4) is 0 Å². The van der Waals surface area contributed by atoms with E-state index in [1.54, 1.807) is 14.2 Å². The van der Waals surface area contributed by atoms with Gasteiger partial charge in [0.15, 0.2) is 11.5 Å². The minimum atomic E-state index is -0.0541. The van der Waals surface area contributed by atoms with Gasteiger partial charge in [-0.15, -0.1) is 0 Å². The molecular weight excluding hydrogens is 243 g/mol. The van der Waals surface area contributed by atoms with Crippen molar-refractivity contribution in [2.24, 2.45) is 0 Å². The van der Waals surface area contributed by atoms with Gasteiger partial charge in [0.1, 0.15) is 0 Å². The van der Waals surface area contributed by atoms with Gasteiger partial charge >= 0.3 is 0 Å². The summed E-state index contributed by atoms with van der Waals surface area (Å²) in [4.78, 5) is 0. The van der Waals surface area contributed by atoms with E-state index in [9.17, 15) is 0 Å². The van der Waals surface area contributed by atoms with E-state index in [0.29, 0.717) is 7.93 Å². The van der Waals surface area contributed by atoms with Gasteiger partial charge in [-0.2, -0.15) is 0 Å². The van der Waals surface area contributed by atoms with Gasteiger partial charge < -0.3 is 9.47 Å². The first-order valence-corrected chi connectivity index (χ1v) is 7.23. The lowest BCUT2D eigenvalue weighted by atomic mass is 9.96. The van der Waals surface area contributed by atoms with Gasteiger partial charge in [-0.1, -0.05) is 37.2 Å². The minimum absolute atomic E-state index is 0.0541. The molecule has 0 aromatic heterocycles. The number of ether oxygens (including phenoxy) is 2. The zero-order valence-corrected chi connectivity index (χ0v) is 11.9. The summed E-state index contributed by atoms with van der Waals surface area (Å²) < 4.78 is 10.7. The molecule has 0 fully saturated rings. The monoisotopic (exact) mass is 260 g/mol. The number of rotatable bonds is 5. The lowest BCUT2D eigenvalue weighted by Gasteiger charge is -2.28. The lowest BCUT2D eigenvalue weighted by molar-refractivity contribution is 0.348. The lowest BCUT2D eigenvalue weighted by Crippen LogP contribution is -2.14. The second-order valence-electron chi connectivity index (χ2n) is 3.82. The van der Waals surface area contributed by atoms with Crippen LogP contribution in [0.5, 0.6) is 11.5 Å². The van der Waals surface area contributed by atoms with Crippen LogP contribution in [0.15, 0.2) is 18.2 Å². The van der Waals surface area contributed by atoms with Crippen molar-refractivity contribution >= 4 is 19.2 Å². The van der Waals surface area contributed by atoms with E-state index in [1.807, 2.05) is 12.1 Å². The molecular formula is C12H18ClO2P. The molecule has 2 nitrogen and oxygen atoms in total. The number of hydrogen-bond acceptors (Lipinski definition) is 2. The van der Waals surface area contributed by atoms with Crippen molar-refractivity contribution in [3.63, 3.8) is 0 Å². The highest BCUT2D eigenvalue weighted by molar-refractivity contribution is 7.69. The molecule has 16 heavy (non-hydrogen) atoms. The fourth-order valence-corrected chi connectivity index (χ4v) is 2.77. The Morgan fingerprint density at radius 1 is 1.31 bits per heavy atom. The Morgan fingerprint density at radius 3 is 2.44 bits per heavy atom. The molecule has 0 aliphatic heterocycles. The Kier molecular flexibility index (Phi) is 4.89. The fourth-order valence-electron chi connectivity index (χ4n) is 1.63. The van der Waals surface area contributed by atoms with Crippen LogP contribution in [0, 0.1) is 0 Å². The third-order valence-corrected chi connectivity index (χ3v) is 5.20. The van der Waals surface area contributed by atoms with E-state index in [-0.39, 0.29) is 5.16 Å². The second-order valence-corrected chi connectivity index (χ2v) is 5.68. The van der Waals surface area contributed by atoms with Crippen LogP contribution in [-0.2, 0) is 5.16 Å². The van der Waals surface area contributed by atoms with Gasteiger partial charge in [0.05, 0.1) is 14.2 Å². The predicted molar refractivity (Wildman–Crippen MR) is 71.4 cm³/mol. The van der Waals surface area contributed by atoms with Crippen LogP contribution in [0.25, 0.3) is 0 Å². The third-order valence-electron chi connectivity index (χ3n) is 2.91. The largest absolute Gasteiger partial charge is 0.493 e. The highest BCUT2D eigenvalue weighted by atomic mass is 35.7. The van der Waals surface area contributed by atoms with Gasteiger partial charge in [0.25, 0.3) is 0 Å². The summed E-state index contributed by atoms with van der Waals surface area (Å²) in [6.45, 7) is 4.28. The van der Waals surface area contributed by atoms with E-state index >= 15 is 0 Å². The van der Waals surface area contributed by atoms with Crippen molar-refractivity contribution in [1.29, 1.82) is 0 Å². The van der Waals surface area contributed by atoms with Gasteiger partial charge in [-0.3, -0.25) is 0 Å². The summed E-state index contributed by atoms with van der Waals surface area (Å²) in [5.74, 6) is 1.55. The van der Waals surface area contributed by atoms with Crippen LogP contribution in [0.2, 0.25) is 0 Å². The fraction of sp³-hybridized carbons (Fsp3) is 0.500. The van der Waals surface area contributed by atoms with Crippen molar-refractivity contribution in [3.8, 4) is 11.5 Å². The van der Waals surface area contributed by atoms with E-state index in [4.69, 9.17) is 20.7 Å². The molecule has 0 aliphatic rings. The second kappa shape index (κ2) is 5.75. The maximum atomic E-state index is 6.10. The SMILES string of the molecule is CCC(C)(PCl)c1cccc(OC)c1OC. The Bertz CT molecular complexity index is 351. The van der Waals surface area contributed by atoms with Gasteiger partial charge in [-0.25, -0.2) is 0 Å². The number of halogens is 1. The highest BCUT2D eigenvalue weighted by Gasteiger charge is 2.28. The maximum Gasteiger partial charge on any atom is 0.164 e. The molecule has 1 aromatic rings. The first kappa shape index (κ1) is 13.6. The molecule has 1 rings (SSSR count). The average Bonchev–Trinajstić information content (AvgIpc) is 2.36. The number of methoxy groups -OCH3 is 2. The third kappa shape index (κ3) is 2.44. The normalized spacial score (nSPS) is 15.1. The predicted octanol–water partition coefficient (Wildman–Crippen LogP) is 4.16. The van der Waals surface area contributed by atoms with Gasteiger partial charge in [0, 0.05) is 10.7 Å². The molecule has 0 N–H and O–H groups in total. The molecule has 90 valence electrons. The Hall–Kier alpha value is -0.460. The molecule has 0 aliphatic carbocycles. The van der Waals surface area contributed by atoms with E-state index < -0.39 is 0 Å². The number of benzene rings is 1. The zero-order chi connectivity index (χ0) is 12.2. The topological polar surface area (TPSA) is 18.5 Å². The molecule has 0 amide bonds. The molecule has 4 heteroatoms. The maximum absolute atomic E-state index is 6.10. The van der Waals surface area contributed by atoms with E-state index in [0.717, 1.165) is 23.5 Å². The Balaban J connectivity index is 3.32. The number of hydrogen-bond donors (Lipinski definition) is 0. The summed E-state index contributed by atoms with van der Waals surface area (Å²) in [7, 11) is 3.62. The summed E-state index contributed by atoms with van der Waals surface area (Å²) in [5.41, 5.74) is 1.12. The highest BCUT2D eigenvalue weighted by Crippen LogP contribution is 2.51. The smallest absolute Gasteiger partial charge is 0.164 e. The molecule has 1 aromatic carbocycles. The molecule has 0 spiro atoms. The van der Waals surface area contributed by atoms with Gasteiger partial charge in [-0.05, 0) is 20.4 Å². The van der Waals surface area contributed by atoms with Crippen molar-refractivity contribution in [2.75, 3.05) is 14.2 Å². The summed E-state index contributed by atoms with van der Waals surface area (Å²) in [5, 5.41) is -0.0541. The van der Waals surface area contributed by atoms with Crippen molar-refractivity contribution in [1.82, 2.24) is 0 Å². The quantitative estimate of drug-likeness (QED) is 0.740. The van der Waals surface area contributed by atoms with Crippen LogP contribution >= 0.6 is 19.2 Å². The molecule has 2 atom stereocenters. The molecule has 0 radical (unpaired) electrons. The molecule has 0 heterocycles. The Labute approximate surface area is 104 Å². The molecule has 0 saturated heterocycles. The first-order valence-electron chi connectivity index (χ1n) is 5.22. The van der Waals surface area contributed by atoms with Crippen LogP contribution in [-0.4, -0.2) is 14.2 Å². The molecule has 0 saturated carbocycles. The summed E-state index contributed by atoms with van der Waals surface area (Å²) >= 11 is 6.10. The molecule has 0 bridgehead atoms. The minimum Gasteiger partial charge on any atom is -0.493 e. The summed E-state index contributed by atoms with van der Waals surface area (Å²) in [6.07, 6.45) is 0.971. The van der Waals surface area contributed by atoms with Crippen molar-refractivity contribution in [2.45, 2.75) is 25.4 Å². The van der Waals surface area contributed by atoms with Gasteiger partial charge in [0.2, 0.25) is 0 Å². The summed E-state index contributed by atoms with van der Waals surface area (Å²) in [6, 6.07) is 5.93. The van der Waals surface area contributed by atoms with Crippen molar-refractivity contribution in [3.05, 3.63) is 23.8 Å². The molecule has 2 unspecified atom stereocenters. The van der Waals surface area contributed by atoms with Crippen LogP contribution < -0.4 is 9.47 Å². The van der Waals surface area contributed by atoms with Crippen molar-refractivity contribution < 1.29 is 9.47 Å². The van der Waals surface area contributed by atoms with E-state index in [2.05, 4.69) is 19.9 Å². The Morgan fingerprint density at radius 2 is 2.00 bits per heavy atom. The number of para-hydroxylation sites is 1. The van der Waals surface area contributed by atoms with Crippen LogP contribution in [0.1, 0.15) is 25.8 Å². The van der Waals surface area contributed by atoms with E-state index in [1.165, 1.54) is 0 Å². The van der Waals surface area contributed by atoms with Crippen LogP contribution in [0.4, 0.5) is 0 Å². The average molecular weight is 261 g/mol. The first-order chi connectivity index (χ1) is 7.62. The standard InChI is InChI=1S/C12H18ClO2P/c1-5-12(2,16-13)9-7-6-8-10(14-3)11(9)15-4/h6-8,16H,5H2,1-4H3. The zero-order valence-electron chi connectivity index (χ0n) is 10.1.